The summed E-state index contributed by atoms with van der Waals surface area (Å²) in [5.41, 5.74) is 1.50. The average molecular weight is 430 g/mol. The number of benzene rings is 2. The molecule has 2 N–H and O–H groups in total. The Morgan fingerprint density at radius 2 is 1.90 bits per heavy atom. The molecule has 8 heteroatoms. The third-order valence-electron chi connectivity index (χ3n) is 3.93. The Balaban J connectivity index is 1.51. The third-order valence-corrected chi connectivity index (χ3v) is 5.10. The Morgan fingerprint density at radius 3 is 2.66 bits per heavy atom. The number of anilines is 1. The molecule has 2 amide bonds. The fourth-order valence-electron chi connectivity index (χ4n) is 2.61. The zero-order valence-electron chi connectivity index (χ0n) is 15.8. The van der Waals surface area contributed by atoms with Gasteiger partial charge in [-0.15, -0.1) is 11.3 Å². The molecule has 0 spiro atoms. The number of hydrogen-bond donors (Lipinski definition) is 2. The first-order valence-electron chi connectivity index (χ1n) is 9.04. The summed E-state index contributed by atoms with van der Waals surface area (Å²) in [7, 11) is 0. The van der Waals surface area contributed by atoms with E-state index in [9.17, 15) is 9.59 Å². The second kappa shape index (κ2) is 10.0. The minimum Gasteiger partial charge on any atom is -0.493 e. The van der Waals surface area contributed by atoms with Crippen LogP contribution in [0.1, 0.15) is 27.7 Å². The molecule has 0 fully saturated rings. The average Bonchev–Trinajstić information content (AvgIpc) is 3.15. The highest BCUT2D eigenvalue weighted by molar-refractivity contribution is 7.15. The number of carbonyl (C=O) groups excluding carboxylic acids is 2. The first kappa shape index (κ1) is 20.8. The molecular formula is C21H20ClN3O3S. The van der Waals surface area contributed by atoms with E-state index in [1.807, 2.05) is 31.2 Å². The van der Waals surface area contributed by atoms with Gasteiger partial charge in [0, 0.05) is 22.5 Å². The minimum atomic E-state index is -0.369. The molecule has 3 rings (SSSR count). The zero-order valence-corrected chi connectivity index (χ0v) is 17.3. The maximum Gasteiger partial charge on any atom is 0.255 e. The molecule has 0 aliphatic carbocycles. The second-order valence-corrected chi connectivity index (χ2v) is 7.65. The summed E-state index contributed by atoms with van der Waals surface area (Å²) in [6.45, 7) is 2.13. The summed E-state index contributed by atoms with van der Waals surface area (Å²) in [5, 5.41) is 6.49. The van der Waals surface area contributed by atoms with Gasteiger partial charge in [0.15, 0.2) is 5.13 Å². The van der Waals surface area contributed by atoms with Crippen molar-refractivity contribution in [1.29, 1.82) is 0 Å². The van der Waals surface area contributed by atoms with Crippen LogP contribution in [0, 0.1) is 0 Å². The van der Waals surface area contributed by atoms with E-state index in [1.54, 1.807) is 30.5 Å². The number of halogens is 1. The molecule has 0 saturated heterocycles. The van der Waals surface area contributed by atoms with E-state index in [2.05, 4.69) is 15.6 Å². The molecule has 0 atom stereocenters. The summed E-state index contributed by atoms with van der Waals surface area (Å²) >= 11 is 7.29. The Hall–Kier alpha value is -2.90. The van der Waals surface area contributed by atoms with Crippen LogP contribution in [-0.2, 0) is 11.2 Å². The summed E-state index contributed by atoms with van der Waals surface area (Å²) < 4.78 is 5.44. The molecule has 0 aliphatic rings. The van der Waals surface area contributed by atoms with Crippen molar-refractivity contribution < 1.29 is 14.3 Å². The van der Waals surface area contributed by atoms with Crippen molar-refractivity contribution >= 4 is 39.9 Å². The summed E-state index contributed by atoms with van der Waals surface area (Å²) in [6.07, 6.45) is 2.43. The van der Waals surface area contributed by atoms with Gasteiger partial charge in [-0.2, -0.15) is 0 Å². The Bertz CT molecular complexity index is 989. The number of para-hydroxylation sites is 1. The van der Waals surface area contributed by atoms with Crippen LogP contribution < -0.4 is 15.4 Å². The maximum atomic E-state index is 12.3. The normalized spacial score (nSPS) is 10.4. The maximum absolute atomic E-state index is 12.3. The topological polar surface area (TPSA) is 80.3 Å². The Morgan fingerprint density at radius 1 is 1.14 bits per heavy atom. The second-order valence-electron chi connectivity index (χ2n) is 6.09. The van der Waals surface area contributed by atoms with E-state index in [0.717, 1.165) is 10.4 Å². The van der Waals surface area contributed by atoms with Crippen molar-refractivity contribution in [2.75, 3.05) is 18.5 Å². The van der Waals surface area contributed by atoms with Crippen LogP contribution in [0.2, 0.25) is 5.02 Å². The van der Waals surface area contributed by atoms with Crippen LogP contribution >= 0.6 is 22.9 Å². The SMILES string of the molecule is CCOc1ccccc1C(=O)NCC(=O)Nc1ncc(Cc2ccc(Cl)cc2)s1. The standard InChI is InChI=1S/C21H20ClN3O3S/c1-2-28-18-6-4-3-5-17(18)20(27)23-13-19(26)25-21-24-12-16(29-21)11-14-7-9-15(22)10-8-14/h3-10,12H,2,11,13H2,1H3,(H,23,27)(H,24,25,26). The molecular weight excluding hydrogens is 410 g/mol. The number of aromatic nitrogens is 1. The van der Waals surface area contributed by atoms with Crippen LogP contribution in [0.15, 0.2) is 54.7 Å². The molecule has 1 heterocycles. The number of nitrogens with zero attached hydrogens (tertiary/aromatic N) is 1. The largest absolute Gasteiger partial charge is 0.493 e. The molecule has 1 aromatic heterocycles. The van der Waals surface area contributed by atoms with Crippen molar-refractivity contribution in [3.63, 3.8) is 0 Å². The number of rotatable bonds is 8. The lowest BCUT2D eigenvalue weighted by Crippen LogP contribution is -2.33. The number of ether oxygens (including phenoxy) is 1. The third kappa shape index (κ3) is 6.04. The van der Waals surface area contributed by atoms with Gasteiger partial charge >= 0.3 is 0 Å². The summed E-state index contributed by atoms with van der Waals surface area (Å²) in [6, 6.07) is 14.5. The number of nitrogens with one attached hydrogen (secondary N) is 2. The molecule has 0 aliphatic heterocycles. The van der Waals surface area contributed by atoms with E-state index >= 15 is 0 Å². The van der Waals surface area contributed by atoms with Gasteiger partial charge in [0.05, 0.1) is 18.7 Å². The van der Waals surface area contributed by atoms with Crippen molar-refractivity contribution in [2.24, 2.45) is 0 Å². The molecule has 2 aromatic carbocycles. The highest BCUT2D eigenvalue weighted by atomic mass is 35.5. The van der Waals surface area contributed by atoms with Crippen molar-refractivity contribution in [3.8, 4) is 5.75 Å². The fraction of sp³-hybridized carbons (Fsp3) is 0.190. The molecule has 0 radical (unpaired) electrons. The van der Waals surface area contributed by atoms with Gasteiger partial charge in [-0.25, -0.2) is 4.98 Å². The zero-order chi connectivity index (χ0) is 20.6. The van der Waals surface area contributed by atoms with Crippen LogP contribution in [0.3, 0.4) is 0 Å². The van der Waals surface area contributed by atoms with E-state index in [4.69, 9.17) is 16.3 Å². The summed E-state index contributed by atoms with van der Waals surface area (Å²) in [4.78, 5) is 29.7. The van der Waals surface area contributed by atoms with Crippen molar-refractivity contribution in [1.82, 2.24) is 10.3 Å². The predicted octanol–water partition coefficient (Wildman–Crippen LogP) is 4.15. The fourth-order valence-corrected chi connectivity index (χ4v) is 3.59. The minimum absolute atomic E-state index is 0.161. The van der Waals surface area contributed by atoms with Crippen molar-refractivity contribution in [3.05, 3.63) is 75.8 Å². The van der Waals surface area contributed by atoms with Gasteiger partial charge in [0.25, 0.3) is 5.91 Å². The lowest BCUT2D eigenvalue weighted by Gasteiger charge is -2.10. The number of hydrogen-bond acceptors (Lipinski definition) is 5. The molecule has 0 bridgehead atoms. The van der Waals surface area contributed by atoms with E-state index < -0.39 is 0 Å². The molecule has 6 nitrogen and oxygen atoms in total. The molecule has 29 heavy (non-hydrogen) atoms. The van der Waals surface area contributed by atoms with Crippen LogP contribution in [0.25, 0.3) is 0 Å². The number of thiazole rings is 1. The first-order chi connectivity index (χ1) is 14.0. The number of carbonyl (C=O) groups is 2. The monoisotopic (exact) mass is 429 g/mol. The smallest absolute Gasteiger partial charge is 0.255 e. The van der Waals surface area contributed by atoms with Gasteiger partial charge in [-0.1, -0.05) is 35.9 Å². The Kier molecular flexibility index (Phi) is 7.21. The van der Waals surface area contributed by atoms with Gasteiger partial charge in [0.1, 0.15) is 5.75 Å². The van der Waals surface area contributed by atoms with Crippen LogP contribution in [0.5, 0.6) is 5.75 Å². The molecule has 3 aromatic rings. The summed E-state index contributed by atoms with van der Waals surface area (Å²) in [5.74, 6) is -0.230. The molecule has 150 valence electrons. The lowest BCUT2D eigenvalue weighted by atomic mass is 10.1. The molecule has 0 saturated carbocycles. The number of amides is 2. The van der Waals surface area contributed by atoms with E-state index in [-0.39, 0.29) is 18.4 Å². The van der Waals surface area contributed by atoms with Crippen LogP contribution in [-0.4, -0.2) is 29.9 Å². The molecule has 0 unspecified atom stereocenters. The van der Waals surface area contributed by atoms with E-state index in [0.29, 0.717) is 34.5 Å². The van der Waals surface area contributed by atoms with Crippen molar-refractivity contribution in [2.45, 2.75) is 13.3 Å². The van der Waals surface area contributed by atoms with Gasteiger partial charge in [-0.3, -0.25) is 9.59 Å². The predicted molar refractivity (Wildman–Crippen MR) is 115 cm³/mol. The van der Waals surface area contributed by atoms with Crippen LogP contribution in [0.4, 0.5) is 5.13 Å². The van der Waals surface area contributed by atoms with E-state index in [1.165, 1.54) is 11.3 Å². The van der Waals surface area contributed by atoms with Gasteiger partial charge in [-0.05, 0) is 36.8 Å². The Labute approximate surface area is 177 Å². The first-order valence-corrected chi connectivity index (χ1v) is 10.2. The van der Waals surface area contributed by atoms with Gasteiger partial charge < -0.3 is 15.4 Å². The highest BCUT2D eigenvalue weighted by Gasteiger charge is 2.14. The quantitative estimate of drug-likeness (QED) is 0.563. The lowest BCUT2D eigenvalue weighted by molar-refractivity contribution is -0.115. The highest BCUT2D eigenvalue weighted by Crippen LogP contribution is 2.22. The van der Waals surface area contributed by atoms with Gasteiger partial charge in [0.2, 0.25) is 5.91 Å².